The maximum Gasteiger partial charge on any atom is 0.315 e. The quantitative estimate of drug-likeness (QED) is 0.615. The molecule has 1 saturated heterocycles. The van der Waals surface area contributed by atoms with E-state index >= 15 is 0 Å². The first kappa shape index (κ1) is 19.9. The van der Waals surface area contributed by atoms with E-state index in [1.54, 1.807) is 0 Å². The van der Waals surface area contributed by atoms with E-state index < -0.39 is 0 Å². The molecule has 2 aliphatic rings. The van der Waals surface area contributed by atoms with Crippen molar-refractivity contribution in [3.8, 4) is 16.9 Å². The first-order chi connectivity index (χ1) is 15.1. The molecule has 0 radical (unpaired) electrons. The van der Waals surface area contributed by atoms with Gasteiger partial charge in [0.25, 0.3) is 0 Å². The first-order valence-electron chi connectivity index (χ1n) is 11.3. The maximum absolute atomic E-state index is 11.8. The summed E-state index contributed by atoms with van der Waals surface area (Å²) in [7, 11) is 0. The zero-order valence-electron chi connectivity index (χ0n) is 18.0. The molecule has 2 aromatic carbocycles. The number of piperidine rings is 1. The molecular weight excluding hydrogens is 386 g/mol. The minimum Gasteiger partial charge on any atom is -0.490 e. The number of hydrogen-bond acceptors (Lipinski definition) is 3. The fourth-order valence-electron chi connectivity index (χ4n) is 4.88. The third kappa shape index (κ3) is 4.22. The molecule has 1 saturated carbocycles. The van der Waals surface area contributed by atoms with Crippen molar-refractivity contribution in [1.29, 1.82) is 0 Å². The number of rotatable bonds is 5. The molecule has 1 aliphatic heterocycles. The molecule has 2 heterocycles. The Kier molecular flexibility index (Phi) is 5.26. The summed E-state index contributed by atoms with van der Waals surface area (Å²) in [5, 5.41) is 1.16. The standard InChI is InChI=1S/C26H29N3O2/c1-17-24(11-8-20-3-2-13-28-25(17)20)19-6-9-22(10-7-19)31-23-12-14-29(26(27)30)21(16-23)15-18-4-5-18/h2-3,6-11,13,18,21,23H,4-5,12,14-16H2,1H3,(H2,27,30). The average molecular weight is 416 g/mol. The van der Waals surface area contributed by atoms with Crippen LogP contribution in [0.1, 0.15) is 37.7 Å². The highest BCUT2D eigenvalue weighted by atomic mass is 16.5. The number of nitrogens with two attached hydrogens (primary N) is 1. The maximum atomic E-state index is 11.8. The number of primary amides is 1. The van der Waals surface area contributed by atoms with E-state index in [-0.39, 0.29) is 18.2 Å². The van der Waals surface area contributed by atoms with Crippen LogP contribution in [0.4, 0.5) is 4.79 Å². The van der Waals surface area contributed by atoms with Gasteiger partial charge >= 0.3 is 6.03 Å². The van der Waals surface area contributed by atoms with Gasteiger partial charge in [-0.25, -0.2) is 4.79 Å². The van der Waals surface area contributed by atoms with Gasteiger partial charge in [-0.3, -0.25) is 4.98 Å². The van der Waals surface area contributed by atoms with Crippen molar-refractivity contribution in [2.45, 2.75) is 51.2 Å². The van der Waals surface area contributed by atoms with E-state index in [0.29, 0.717) is 6.54 Å². The van der Waals surface area contributed by atoms with Crippen LogP contribution in [0.3, 0.4) is 0 Å². The van der Waals surface area contributed by atoms with Crippen molar-refractivity contribution in [3.63, 3.8) is 0 Å². The lowest BCUT2D eigenvalue weighted by Crippen LogP contribution is -2.51. The largest absolute Gasteiger partial charge is 0.490 e. The number of likely N-dealkylation sites (tertiary alicyclic amines) is 1. The van der Waals surface area contributed by atoms with Gasteiger partial charge in [-0.2, -0.15) is 0 Å². The molecule has 2 amide bonds. The van der Waals surface area contributed by atoms with E-state index in [2.05, 4.69) is 42.2 Å². The van der Waals surface area contributed by atoms with E-state index in [4.69, 9.17) is 10.5 Å². The van der Waals surface area contributed by atoms with Gasteiger partial charge in [-0.05, 0) is 54.2 Å². The molecule has 3 aromatic rings. The Morgan fingerprint density at radius 3 is 2.68 bits per heavy atom. The second kappa shape index (κ2) is 8.22. The van der Waals surface area contributed by atoms with Crippen LogP contribution >= 0.6 is 0 Å². The Balaban J connectivity index is 1.29. The fraction of sp³-hybridized carbons (Fsp3) is 0.385. The number of aryl methyl sites for hydroxylation is 1. The Morgan fingerprint density at radius 1 is 1.13 bits per heavy atom. The van der Waals surface area contributed by atoms with Crippen LogP contribution in [-0.4, -0.2) is 34.6 Å². The minimum absolute atomic E-state index is 0.122. The predicted octanol–water partition coefficient (Wildman–Crippen LogP) is 5.30. The monoisotopic (exact) mass is 415 g/mol. The summed E-state index contributed by atoms with van der Waals surface area (Å²) in [6.07, 6.45) is 7.25. The van der Waals surface area contributed by atoms with E-state index in [0.717, 1.165) is 47.4 Å². The summed E-state index contributed by atoms with van der Waals surface area (Å²) in [6, 6.07) is 16.6. The highest BCUT2D eigenvalue weighted by Crippen LogP contribution is 2.37. The third-order valence-corrected chi connectivity index (χ3v) is 6.75. The van der Waals surface area contributed by atoms with Crippen LogP contribution in [0.25, 0.3) is 22.0 Å². The van der Waals surface area contributed by atoms with E-state index in [1.165, 1.54) is 24.0 Å². The lowest BCUT2D eigenvalue weighted by molar-refractivity contribution is 0.0712. The summed E-state index contributed by atoms with van der Waals surface area (Å²) in [6.45, 7) is 2.81. The fourth-order valence-corrected chi connectivity index (χ4v) is 4.88. The number of carbonyl (C=O) groups excluding carboxylic acids is 1. The molecule has 5 nitrogen and oxygen atoms in total. The summed E-state index contributed by atoms with van der Waals surface area (Å²) in [5.74, 6) is 1.63. The lowest BCUT2D eigenvalue weighted by atomic mass is 9.95. The molecular formula is C26H29N3O2. The van der Waals surface area contributed by atoms with E-state index in [9.17, 15) is 4.79 Å². The molecule has 0 bridgehead atoms. The average Bonchev–Trinajstić information content (AvgIpc) is 3.59. The van der Waals surface area contributed by atoms with Crippen molar-refractivity contribution in [3.05, 3.63) is 60.3 Å². The van der Waals surface area contributed by atoms with Gasteiger partial charge < -0.3 is 15.4 Å². The van der Waals surface area contributed by atoms with E-state index in [1.807, 2.05) is 29.3 Å². The molecule has 2 N–H and O–H groups in total. The van der Waals surface area contributed by atoms with Crippen molar-refractivity contribution in [2.24, 2.45) is 11.7 Å². The predicted molar refractivity (Wildman–Crippen MR) is 123 cm³/mol. The topological polar surface area (TPSA) is 68.5 Å². The molecule has 1 aliphatic carbocycles. The Bertz CT molecular complexity index is 1090. The second-order valence-corrected chi connectivity index (χ2v) is 8.97. The molecule has 0 spiro atoms. The molecule has 2 fully saturated rings. The van der Waals surface area contributed by atoms with Crippen LogP contribution < -0.4 is 10.5 Å². The number of carbonyl (C=O) groups is 1. The number of benzene rings is 2. The molecule has 2 unspecified atom stereocenters. The van der Waals surface area contributed by atoms with Gasteiger partial charge in [0.1, 0.15) is 11.9 Å². The number of ether oxygens (including phenoxy) is 1. The van der Waals surface area contributed by atoms with Crippen LogP contribution in [-0.2, 0) is 0 Å². The van der Waals surface area contributed by atoms with Gasteiger partial charge in [0.15, 0.2) is 0 Å². The normalized spacial score (nSPS) is 21.3. The number of aromatic nitrogens is 1. The lowest BCUT2D eigenvalue weighted by Gasteiger charge is -2.38. The van der Waals surface area contributed by atoms with Gasteiger partial charge in [0.05, 0.1) is 5.52 Å². The van der Waals surface area contributed by atoms with Crippen LogP contribution in [0, 0.1) is 12.8 Å². The number of hydrogen-bond donors (Lipinski definition) is 1. The molecule has 1 aromatic heterocycles. The van der Waals surface area contributed by atoms with Crippen molar-refractivity contribution < 1.29 is 9.53 Å². The highest BCUT2D eigenvalue weighted by molar-refractivity contribution is 5.88. The summed E-state index contributed by atoms with van der Waals surface area (Å²) in [4.78, 5) is 18.2. The zero-order valence-corrected chi connectivity index (χ0v) is 18.0. The number of pyridine rings is 1. The number of amides is 2. The third-order valence-electron chi connectivity index (χ3n) is 6.75. The van der Waals surface area contributed by atoms with Gasteiger partial charge in [-0.1, -0.05) is 43.2 Å². The van der Waals surface area contributed by atoms with Crippen LogP contribution in [0.5, 0.6) is 5.75 Å². The van der Waals surface area contributed by atoms with Gasteiger partial charge in [0, 0.05) is 37.0 Å². The SMILES string of the molecule is Cc1c(-c2ccc(OC3CCN(C(N)=O)C(CC4CC4)C3)cc2)ccc2cccnc12. The molecule has 5 heteroatoms. The van der Waals surface area contributed by atoms with Crippen LogP contribution in [0.2, 0.25) is 0 Å². The summed E-state index contributed by atoms with van der Waals surface area (Å²) < 4.78 is 6.32. The summed E-state index contributed by atoms with van der Waals surface area (Å²) >= 11 is 0. The second-order valence-electron chi connectivity index (χ2n) is 8.97. The number of fused-ring (bicyclic) bond motifs is 1. The van der Waals surface area contributed by atoms with Crippen molar-refractivity contribution in [2.75, 3.05) is 6.54 Å². The van der Waals surface area contributed by atoms with Crippen LogP contribution in [0.15, 0.2) is 54.7 Å². The number of nitrogens with zero attached hydrogens (tertiary/aromatic N) is 2. The smallest absolute Gasteiger partial charge is 0.315 e. The first-order valence-corrected chi connectivity index (χ1v) is 11.3. The molecule has 5 rings (SSSR count). The Hall–Kier alpha value is -3.08. The van der Waals surface area contributed by atoms with Gasteiger partial charge in [-0.15, -0.1) is 0 Å². The zero-order chi connectivity index (χ0) is 21.4. The number of urea groups is 1. The molecule has 2 atom stereocenters. The van der Waals surface area contributed by atoms with Crippen molar-refractivity contribution in [1.82, 2.24) is 9.88 Å². The minimum atomic E-state index is -0.298. The molecule has 160 valence electrons. The van der Waals surface area contributed by atoms with Gasteiger partial charge in [0.2, 0.25) is 0 Å². The Labute approximate surface area is 183 Å². The van der Waals surface area contributed by atoms with Crippen molar-refractivity contribution >= 4 is 16.9 Å². The summed E-state index contributed by atoms with van der Waals surface area (Å²) in [5.41, 5.74) is 10.2. The highest BCUT2D eigenvalue weighted by Gasteiger charge is 2.35. The Morgan fingerprint density at radius 2 is 1.94 bits per heavy atom. The molecule has 31 heavy (non-hydrogen) atoms.